The third-order valence-corrected chi connectivity index (χ3v) is 3.05. The Kier molecular flexibility index (Phi) is 5.57. The molecule has 0 heterocycles. The van der Waals surface area contributed by atoms with Crippen molar-refractivity contribution in [1.29, 1.82) is 0 Å². The maximum absolute atomic E-state index is 11.9. The Morgan fingerprint density at radius 3 is 2.61 bits per heavy atom. The van der Waals surface area contributed by atoms with Gasteiger partial charge in [-0.15, -0.1) is 0 Å². The molecular formula is C17H17NO5. The van der Waals surface area contributed by atoms with Crippen LogP contribution >= 0.6 is 0 Å². The highest BCUT2D eigenvalue weighted by molar-refractivity contribution is 6.43. The van der Waals surface area contributed by atoms with Crippen LogP contribution in [0.1, 0.15) is 11.1 Å². The number of oxime groups is 1. The maximum Gasteiger partial charge on any atom is 0.360 e. The summed E-state index contributed by atoms with van der Waals surface area (Å²) in [4.78, 5) is 16.6. The van der Waals surface area contributed by atoms with Crippen LogP contribution in [-0.4, -0.2) is 31.0 Å². The van der Waals surface area contributed by atoms with Crippen molar-refractivity contribution >= 4 is 11.7 Å². The van der Waals surface area contributed by atoms with E-state index in [9.17, 15) is 9.90 Å². The molecular weight excluding hydrogens is 298 g/mol. The van der Waals surface area contributed by atoms with E-state index in [-0.39, 0.29) is 18.1 Å². The van der Waals surface area contributed by atoms with E-state index in [0.717, 1.165) is 5.56 Å². The Hall–Kier alpha value is -3.02. The number of aromatic hydroxyl groups is 1. The first kappa shape index (κ1) is 16.4. The molecule has 0 aromatic heterocycles. The van der Waals surface area contributed by atoms with Crippen molar-refractivity contribution in [3.8, 4) is 11.5 Å². The van der Waals surface area contributed by atoms with Gasteiger partial charge in [0.1, 0.15) is 25.2 Å². The number of phenolic OH excluding ortho intramolecular Hbond substituents is 1. The van der Waals surface area contributed by atoms with E-state index < -0.39 is 5.97 Å². The Balaban J connectivity index is 2.26. The van der Waals surface area contributed by atoms with E-state index in [1.54, 1.807) is 30.3 Å². The minimum Gasteiger partial charge on any atom is -0.508 e. The third-order valence-electron chi connectivity index (χ3n) is 3.05. The molecule has 0 aliphatic carbocycles. The molecule has 23 heavy (non-hydrogen) atoms. The molecule has 0 bridgehead atoms. The molecule has 120 valence electrons. The third kappa shape index (κ3) is 4.23. The molecule has 0 saturated carbocycles. The zero-order valence-corrected chi connectivity index (χ0v) is 12.9. The van der Waals surface area contributed by atoms with Crippen molar-refractivity contribution in [2.24, 2.45) is 5.16 Å². The fourth-order valence-corrected chi connectivity index (χ4v) is 2.00. The Bertz CT molecular complexity index is 712. The van der Waals surface area contributed by atoms with Crippen molar-refractivity contribution in [1.82, 2.24) is 0 Å². The minimum absolute atomic E-state index is 0.0603. The molecule has 6 heteroatoms. The van der Waals surface area contributed by atoms with Crippen LogP contribution in [0.25, 0.3) is 0 Å². The fourth-order valence-electron chi connectivity index (χ4n) is 2.00. The first-order valence-electron chi connectivity index (χ1n) is 6.85. The molecule has 0 fully saturated rings. The van der Waals surface area contributed by atoms with Gasteiger partial charge < -0.3 is 19.4 Å². The van der Waals surface area contributed by atoms with Crippen molar-refractivity contribution in [2.45, 2.75) is 6.61 Å². The van der Waals surface area contributed by atoms with Gasteiger partial charge >= 0.3 is 5.97 Å². The number of hydrogen-bond donors (Lipinski definition) is 1. The van der Waals surface area contributed by atoms with Crippen LogP contribution in [0.3, 0.4) is 0 Å². The molecule has 0 amide bonds. The highest BCUT2D eigenvalue weighted by Gasteiger charge is 2.19. The summed E-state index contributed by atoms with van der Waals surface area (Å²) in [5, 5.41) is 13.2. The molecule has 0 saturated heterocycles. The summed E-state index contributed by atoms with van der Waals surface area (Å²) in [6.45, 7) is 0.194. The van der Waals surface area contributed by atoms with Gasteiger partial charge in [-0.2, -0.15) is 0 Å². The second kappa shape index (κ2) is 7.84. The predicted molar refractivity (Wildman–Crippen MR) is 84.4 cm³/mol. The highest BCUT2D eigenvalue weighted by Crippen LogP contribution is 2.20. The molecule has 0 atom stereocenters. The van der Waals surface area contributed by atoms with Gasteiger partial charge in [0.25, 0.3) is 0 Å². The number of methoxy groups -OCH3 is 1. The first-order valence-corrected chi connectivity index (χ1v) is 6.85. The lowest BCUT2D eigenvalue weighted by Crippen LogP contribution is -2.19. The molecule has 2 aromatic carbocycles. The largest absolute Gasteiger partial charge is 0.508 e. The zero-order valence-electron chi connectivity index (χ0n) is 12.9. The van der Waals surface area contributed by atoms with Gasteiger partial charge in [-0.1, -0.05) is 35.5 Å². The Morgan fingerprint density at radius 1 is 1.13 bits per heavy atom. The zero-order chi connectivity index (χ0) is 16.7. The van der Waals surface area contributed by atoms with Crippen LogP contribution in [0.15, 0.2) is 53.7 Å². The van der Waals surface area contributed by atoms with E-state index in [2.05, 4.69) is 5.16 Å². The number of benzene rings is 2. The Morgan fingerprint density at radius 2 is 1.91 bits per heavy atom. The van der Waals surface area contributed by atoms with Crippen molar-refractivity contribution < 1.29 is 24.2 Å². The SMILES string of the molecule is CON=C(C(=O)OC)c1ccccc1COc1cccc(O)c1. The minimum atomic E-state index is -0.600. The van der Waals surface area contributed by atoms with Gasteiger partial charge in [-0.05, 0) is 17.7 Å². The standard InChI is InChI=1S/C17H17NO5/c1-21-17(20)16(18-22-2)15-9-4-3-6-12(15)11-23-14-8-5-7-13(19)10-14/h3-10,19H,11H2,1-2H3. The average molecular weight is 315 g/mol. The molecule has 2 rings (SSSR count). The summed E-state index contributed by atoms with van der Waals surface area (Å²) in [7, 11) is 2.63. The normalized spacial score (nSPS) is 11.0. The Labute approximate surface area is 133 Å². The molecule has 1 N–H and O–H groups in total. The van der Waals surface area contributed by atoms with Crippen LogP contribution in [0.4, 0.5) is 0 Å². The molecule has 0 radical (unpaired) electrons. The number of carbonyl (C=O) groups is 1. The van der Waals surface area contributed by atoms with Crippen molar-refractivity contribution in [2.75, 3.05) is 14.2 Å². The molecule has 2 aromatic rings. The number of phenols is 1. The van der Waals surface area contributed by atoms with E-state index in [0.29, 0.717) is 11.3 Å². The van der Waals surface area contributed by atoms with E-state index >= 15 is 0 Å². The van der Waals surface area contributed by atoms with Crippen LogP contribution in [0, 0.1) is 0 Å². The van der Waals surface area contributed by atoms with Gasteiger partial charge in [-0.3, -0.25) is 0 Å². The lowest BCUT2D eigenvalue weighted by atomic mass is 10.0. The first-order chi connectivity index (χ1) is 11.2. The van der Waals surface area contributed by atoms with Crippen LogP contribution < -0.4 is 4.74 Å². The lowest BCUT2D eigenvalue weighted by Gasteiger charge is -2.11. The van der Waals surface area contributed by atoms with Gasteiger partial charge in [0.05, 0.1) is 7.11 Å². The maximum atomic E-state index is 11.9. The van der Waals surface area contributed by atoms with Crippen LogP contribution in [0.5, 0.6) is 11.5 Å². The number of nitrogens with zero attached hydrogens (tertiary/aromatic N) is 1. The smallest absolute Gasteiger partial charge is 0.360 e. The van der Waals surface area contributed by atoms with Crippen molar-refractivity contribution in [3.05, 3.63) is 59.7 Å². The number of esters is 1. The summed E-state index contributed by atoms with van der Waals surface area (Å²) in [6.07, 6.45) is 0. The number of carbonyl (C=O) groups excluding carboxylic acids is 1. The van der Waals surface area contributed by atoms with Gasteiger partial charge in [-0.25, -0.2) is 4.79 Å². The van der Waals surface area contributed by atoms with Crippen LogP contribution in [-0.2, 0) is 21.0 Å². The van der Waals surface area contributed by atoms with Crippen molar-refractivity contribution in [3.63, 3.8) is 0 Å². The second-order valence-electron chi connectivity index (χ2n) is 4.56. The summed E-state index contributed by atoms with van der Waals surface area (Å²) in [5.41, 5.74) is 1.35. The number of hydrogen-bond acceptors (Lipinski definition) is 6. The molecule has 0 spiro atoms. The van der Waals surface area contributed by atoms with E-state index in [1.807, 2.05) is 12.1 Å². The topological polar surface area (TPSA) is 77.4 Å². The quantitative estimate of drug-likeness (QED) is 0.503. The summed E-state index contributed by atoms with van der Waals surface area (Å²) < 4.78 is 10.4. The van der Waals surface area contributed by atoms with Gasteiger partial charge in [0.15, 0.2) is 5.71 Å². The highest BCUT2D eigenvalue weighted by atomic mass is 16.6. The van der Waals surface area contributed by atoms with E-state index in [4.69, 9.17) is 14.3 Å². The summed E-state index contributed by atoms with van der Waals surface area (Å²) in [5.74, 6) is 0.0340. The monoisotopic (exact) mass is 315 g/mol. The summed E-state index contributed by atoms with van der Waals surface area (Å²) in [6, 6.07) is 13.6. The fraction of sp³-hybridized carbons (Fsp3) is 0.176. The molecule has 0 unspecified atom stereocenters. The second-order valence-corrected chi connectivity index (χ2v) is 4.56. The predicted octanol–water partition coefficient (Wildman–Crippen LogP) is 2.49. The number of ether oxygens (including phenoxy) is 2. The molecule has 6 nitrogen and oxygen atoms in total. The lowest BCUT2D eigenvalue weighted by molar-refractivity contribution is -0.132. The summed E-state index contributed by atoms with van der Waals surface area (Å²) >= 11 is 0. The molecule has 0 aliphatic rings. The molecule has 0 aliphatic heterocycles. The number of rotatable bonds is 6. The van der Waals surface area contributed by atoms with Gasteiger partial charge in [0, 0.05) is 11.6 Å². The average Bonchev–Trinajstić information content (AvgIpc) is 2.58. The van der Waals surface area contributed by atoms with E-state index in [1.165, 1.54) is 20.3 Å². The van der Waals surface area contributed by atoms with Gasteiger partial charge in [0.2, 0.25) is 0 Å². The van der Waals surface area contributed by atoms with Crippen LogP contribution in [0.2, 0.25) is 0 Å².